The number of pyridine rings is 1. The fourth-order valence-corrected chi connectivity index (χ4v) is 1.61. The maximum Gasteiger partial charge on any atom is 0.348 e. The Morgan fingerprint density at radius 1 is 1.38 bits per heavy atom. The average molecular weight is 285 g/mol. The van der Waals surface area contributed by atoms with Crippen molar-refractivity contribution < 1.29 is 19.6 Å². The van der Waals surface area contributed by atoms with Crippen LogP contribution in [0.3, 0.4) is 0 Å². The lowest BCUT2D eigenvalue weighted by atomic mass is 10.2. The van der Waals surface area contributed by atoms with E-state index < -0.39 is 22.5 Å². The maximum atomic E-state index is 11.1. The third-order valence-corrected chi connectivity index (χ3v) is 2.52. The van der Waals surface area contributed by atoms with Gasteiger partial charge in [-0.2, -0.15) is 5.26 Å². The molecule has 2 rings (SSSR count). The summed E-state index contributed by atoms with van der Waals surface area (Å²) >= 11 is 0. The van der Waals surface area contributed by atoms with Crippen molar-refractivity contribution in [3.8, 4) is 17.7 Å². The van der Waals surface area contributed by atoms with Crippen LogP contribution in [0.25, 0.3) is 0 Å². The Balaban J connectivity index is 2.53. The molecule has 1 heterocycles. The molecule has 0 fully saturated rings. The van der Waals surface area contributed by atoms with Crippen LogP contribution in [0.5, 0.6) is 11.6 Å². The predicted octanol–water partition coefficient (Wildman–Crippen LogP) is 2.35. The fourth-order valence-electron chi connectivity index (χ4n) is 1.61. The monoisotopic (exact) mass is 285 g/mol. The molecule has 1 N–H and O–H groups in total. The summed E-state index contributed by atoms with van der Waals surface area (Å²) in [4.78, 5) is 25.0. The Hall–Kier alpha value is -3.47. The molecule has 21 heavy (non-hydrogen) atoms. The molecule has 0 radical (unpaired) electrons. The standard InChI is InChI=1S/C13H7N3O5/c14-7-8-5-6-15-12(11(8)16(19)20)21-10-4-2-1-3-9(10)13(17)18/h1-6H,(H,17,18). The third-order valence-electron chi connectivity index (χ3n) is 2.52. The van der Waals surface area contributed by atoms with Gasteiger partial charge in [0.1, 0.15) is 22.9 Å². The largest absolute Gasteiger partial charge is 0.478 e. The molecule has 0 aliphatic heterocycles. The van der Waals surface area contributed by atoms with E-state index in [0.717, 1.165) is 0 Å². The molecule has 0 aliphatic rings. The lowest BCUT2D eigenvalue weighted by Gasteiger charge is -2.08. The Bertz CT molecular complexity index is 767. The predicted molar refractivity (Wildman–Crippen MR) is 69.1 cm³/mol. The number of para-hydroxylation sites is 1. The third kappa shape index (κ3) is 2.76. The van der Waals surface area contributed by atoms with Crippen LogP contribution in [-0.2, 0) is 0 Å². The Morgan fingerprint density at radius 2 is 2.10 bits per heavy atom. The number of ether oxygens (including phenoxy) is 1. The molecule has 0 amide bonds. The van der Waals surface area contributed by atoms with Crippen LogP contribution < -0.4 is 4.74 Å². The zero-order valence-electron chi connectivity index (χ0n) is 10.4. The highest BCUT2D eigenvalue weighted by molar-refractivity contribution is 5.91. The second-order valence-electron chi connectivity index (χ2n) is 3.78. The van der Waals surface area contributed by atoms with Crippen molar-refractivity contribution in [2.75, 3.05) is 0 Å². The van der Waals surface area contributed by atoms with Crippen LogP contribution in [0.15, 0.2) is 36.5 Å². The van der Waals surface area contributed by atoms with E-state index in [1.54, 1.807) is 6.07 Å². The van der Waals surface area contributed by atoms with E-state index in [-0.39, 0.29) is 16.9 Å². The van der Waals surface area contributed by atoms with Gasteiger partial charge in [-0.3, -0.25) is 10.1 Å². The minimum atomic E-state index is -1.25. The van der Waals surface area contributed by atoms with Crippen molar-refractivity contribution >= 4 is 11.7 Å². The van der Waals surface area contributed by atoms with Crippen LogP contribution in [0.1, 0.15) is 15.9 Å². The quantitative estimate of drug-likeness (QED) is 0.674. The van der Waals surface area contributed by atoms with Crippen molar-refractivity contribution in [2.45, 2.75) is 0 Å². The minimum Gasteiger partial charge on any atom is -0.478 e. The van der Waals surface area contributed by atoms with Crippen molar-refractivity contribution in [1.82, 2.24) is 4.98 Å². The number of benzene rings is 1. The van der Waals surface area contributed by atoms with Crippen LogP contribution in [0.4, 0.5) is 5.69 Å². The molecule has 0 atom stereocenters. The van der Waals surface area contributed by atoms with Crippen molar-refractivity contribution in [2.24, 2.45) is 0 Å². The van der Waals surface area contributed by atoms with Gasteiger partial charge in [0.15, 0.2) is 0 Å². The second-order valence-corrected chi connectivity index (χ2v) is 3.78. The summed E-state index contributed by atoms with van der Waals surface area (Å²) in [5, 5.41) is 28.9. The topological polar surface area (TPSA) is 126 Å². The van der Waals surface area contributed by atoms with Crippen molar-refractivity contribution in [1.29, 1.82) is 5.26 Å². The second kappa shape index (κ2) is 5.66. The first-order chi connectivity index (χ1) is 10.0. The van der Waals surface area contributed by atoms with E-state index in [4.69, 9.17) is 15.1 Å². The number of hydrogen-bond acceptors (Lipinski definition) is 6. The van der Waals surface area contributed by atoms with Gasteiger partial charge in [-0.15, -0.1) is 0 Å². The van der Waals surface area contributed by atoms with Gasteiger partial charge in [0, 0.05) is 6.20 Å². The summed E-state index contributed by atoms with van der Waals surface area (Å²) in [6.07, 6.45) is 1.17. The molecule has 8 nitrogen and oxygen atoms in total. The minimum absolute atomic E-state index is 0.101. The Labute approximate surface area is 118 Å². The van der Waals surface area contributed by atoms with Gasteiger partial charge in [-0.05, 0) is 18.2 Å². The highest BCUT2D eigenvalue weighted by atomic mass is 16.6. The smallest absolute Gasteiger partial charge is 0.348 e. The number of carboxylic acid groups (broad SMARTS) is 1. The first kappa shape index (κ1) is 14.0. The SMILES string of the molecule is N#Cc1ccnc(Oc2ccccc2C(=O)O)c1[N+](=O)[O-]. The number of hydrogen-bond donors (Lipinski definition) is 1. The number of rotatable bonds is 4. The number of nitrogens with zero attached hydrogens (tertiary/aromatic N) is 3. The van der Waals surface area contributed by atoms with E-state index in [9.17, 15) is 14.9 Å². The highest BCUT2D eigenvalue weighted by Crippen LogP contribution is 2.33. The molecule has 1 aromatic heterocycles. The van der Waals surface area contributed by atoms with Gasteiger partial charge in [0.2, 0.25) is 0 Å². The summed E-state index contributed by atoms with van der Waals surface area (Å²) in [5.41, 5.74) is -1.01. The average Bonchev–Trinajstić information content (AvgIpc) is 2.47. The van der Waals surface area contributed by atoms with E-state index >= 15 is 0 Å². The number of aromatic nitrogens is 1. The molecule has 0 saturated heterocycles. The molecule has 2 aromatic rings. The van der Waals surface area contributed by atoms with Crippen LogP contribution >= 0.6 is 0 Å². The summed E-state index contributed by atoms with van der Waals surface area (Å²) in [7, 11) is 0. The number of nitro groups is 1. The molecule has 0 bridgehead atoms. The summed E-state index contributed by atoms with van der Waals surface area (Å²) in [5.74, 6) is -1.78. The van der Waals surface area contributed by atoms with Gasteiger partial charge in [-0.25, -0.2) is 9.78 Å². The first-order valence-electron chi connectivity index (χ1n) is 5.58. The van der Waals surface area contributed by atoms with Gasteiger partial charge < -0.3 is 9.84 Å². The van der Waals surface area contributed by atoms with E-state index in [0.29, 0.717) is 0 Å². The maximum absolute atomic E-state index is 11.1. The number of carbonyl (C=O) groups is 1. The molecule has 1 aromatic carbocycles. The molecule has 0 unspecified atom stereocenters. The number of aromatic carboxylic acids is 1. The molecular formula is C13H7N3O5. The zero-order chi connectivity index (χ0) is 15.4. The van der Waals surface area contributed by atoms with Crippen molar-refractivity contribution in [3.05, 3.63) is 57.8 Å². The van der Waals surface area contributed by atoms with Gasteiger partial charge in [0.25, 0.3) is 0 Å². The van der Waals surface area contributed by atoms with Crippen LogP contribution in [0.2, 0.25) is 0 Å². The van der Waals surface area contributed by atoms with E-state index in [1.807, 2.05) is 0 Å². The summed E-state index contributed by atoms with van der Waals surface area (Å²) < 4.78 is 5.22. The van der Waals surface area contributed by atoms with Crippen LogP contribution in [0, 0.1) is 21.4 Å². The zero-order valence-corrected chi connectivity index (χ0v) is 10.4. The molecule has 0 spiro atoms. The first-order valence-corrected chi connectivity index (χ1v) is 5.58. The summed E-state index contributed by atoms with van der Waals surface area (Å²) in [6, 6.07) is 8.47. The molecular weight excluding hydrogens is 278 g/mol. The lowest BCUT2D eigenvalue weighted by Crippen LogP contribution is -2.03. The van der Waals surface area contributed by atoms with Crippen LogP contribution in [-0.4, -0.2) is 21.0 Å². The normalized spacial score (nSPS) is 9.67. The van der Waals surface area contributed by atoms with Gasteiger partial charge in [-0.1, -0.05) is 12.1 Å². The number of carboxylic acids is 1. The lowest BCUT2D eigenvalue weighted by molar-refractivity contribution is -0.386. The van der Waals surface area contributed by atoms with Gasteiger partial charge >= 0.3 is 17.5 Å². The molecule has 0 saturated carbocycles. The van der Waals surface area contributed by atoms with Crippen molar-refractivity contribution in [3.63, 3.8) is 0 Å². The molecule has 0 aliphatic carbocycles. The van der Waals surface area contributed by atoms with Gasteiger partial charge in [0.05, 0.1) is 4.92 Å². The highest BCUT2D eigenvalue weighted by Gasteiger charge is 2.24. The fraction of sp³-hybridized carbons (Fsp3) is 0. The molecule has 104 valence electrons. The number of nitriles is 1. The Morgan fingerprint density at radius 3 is 2.71 bits per heavy atom. The Kier molecular flexibility index (Phi) is 3.76. The van der Waals surface area contributed by atoms with E-state index in [1.165, 1.54) is 36.5 Å². The van der Waals surface area contributed by atoms with E-state index in [2.05, 4.69) is 4.98 Å². The summed E-state index contributed by atoms with van der Waals surface area (Å²) in [6.45, 7) is 0. The molecule has 8 heteroatoms.